The number of rotatable bonds is 34. The molecule has 0 aliphatic heterocycles. The predicted molar refractivity (Wildman–Crippen MR) is 210 cm³/mol. The van der Waals surface area contributed by atoms with Crippen molar-refractivity contribution in [3.8, 4) is 0 Å². The zero-order valence-electron chi connectivity index (χ0n) is 32.1. The number of unbranched alkanes of at least 4 members (excludes halogenated alkanes) is 11. The molecule has 0 N–H and O–H groups in total. The molecule has 6 nitrogen and oxygen atoms in total. The Labute approximate surface area is 306 Å². The third-order valence-electron chi connectivity index (χ3n) is 7.94. The quantitative estimate of drug-likeness (QED) is 0.0288. The average Bonchev–Trinajstić information content (AvgIpc) is 3.11. The van der Waals surface area contributed by atoms with Crippen molar-refractivity contribution in [2.24, 2.45) is 0 Å². The predicted octanol–water partition coefficient (Wildman–Crippen LogP) is 12.4. The van der Waals surface area contributed by atoms with Gasteiger partial charge in [0, 0.05) is 19.3 Å². The highest BCUT2D eigenvalue weighted by Crippen LogP contribution is 2.12. The summed E-state index contributed by atoms with van der Waals surface area (Å²) < 4.78 is 16.5. The first-order valence-electron chi connectivity index (χ1n) is 19.9. The molecule has 0 aromatic carbocycles. The van der Waals surface area contributed by atoms with Crippen molar-refractivity contribution in [2.45, 2.75) is 175 Å². The van der Waals surface area contributed by atoms with E-state index in [4.69, 9.17) is 14.2 Å². The second kappa shape index (κ2) is 38.6. The smallest absolute Gasteiger partial charge is 0.306 e. The maximum Gasteiger partial charge on any atom is 0.306 e. The number of hydrogen-bond acceptors (Lipinski definition) is 6. The van der Waals surface area contributed by atoms with Crippen LogP contribution < -0.4 is 0 Å². The van der Waals surface area contributed by atoms with Crippen LogP contribution in [0.3, 0.4) is 0 Å². The summed E-state index contributed by atoms with van der Waals surface area (Å²) in [6.07, 6.45) is 46.3. The van der Waals surface area contributed by atoms with Crippen LogP contribution in [0.2, 0.25) is 0 Å². The van der Waals surface area contributed by atoms with Crippen LogP contribution in [-0.4, -0.2) is 37.2 Å². The van der Waals surface area contributed by atoms with E-state index in [2.05, 4.69) is 93.7 Å². The molecule has 0 aromatic rings. The third-order valence-corrected chi connectivity index (χ3v) is 7.94. The Morgan fingerprint density at radius 3 is 1.14 bits per heavy atom. The maximum absolute atomic E-state index is 12.6. The Morgan fingerprint density at radius 1 is 0.400 bits per heavy atom. The van der Waals surface area contributed by atoms with Crippen molar-refractivity contribution in [3.63, 3.8) is 0 Å². The van der Waals surface area contributed by atoms with Gasteiger partial charge in [-0.2, -0.15) is 0 Å². The van der Waals surface area contributed by atoms with E-state index >= 15 is 0 Å². The molecule has 0 bridgehead atoms. The molecule has 284 valence electrons. The van der Waals surface area contributed by atoms with E-state index in [0.717, 1.165) is 96.3 Å². The van der Waals surface area contributed by atoms with Crippen LogP contribution >= 0.6 is 0 Å². The van der Waals surface area contributed by atoms with Crippen LogP contribution in [0.15, 0.2) is 72.9 Å². The molecule has 0 fully saturated rings. The lowest BCUT2D eigenvalue weighted by molar-refractivity contribution is -0.167. The van der Waals surface area contributed by atoms with Gasteiger partial charge in [-0.05, 0) is 96.3 Å². The standard InChI is InChI=1S/C44H72O6/c1-4-7-10-13-16-19-20-21-22-23-26-28-31-34-37-43(46)49-40-41(50-44(47)38-35-32-29-25-18-15-12-9-6-3)39-48-42(45)36-33-30-27-24-17-14-11-8-5-2/h7-12,16-19,24-25,41H,4-6,13-15,20-23,26-40H2,1-3H3/b10-7-,11-8-,12-9-,19-16-,24-17-,25-18-. The van der Waals surface area contributed by atoms with Crippen molar-refractivity contribution in [2.75, 3.05) is 13.2 Å². The van der Waals surface area contributed by atoms with Gasteiger partial charge in [0.05, 0.1) is 0 Å². The normalized spacial score (nSPS) is 12.8. The van der Waals surface area contributed by atoms with Crippen molar-refractivity contribution in [1.29, 1.82) is 0 Å². The number of ether oxygens (including phenoxy) is 3. The number of allylic oxidation sites excluding steroid dienone is 12. The second-order valence-electron chi connectivity index (χ2n) is 12.7. The lowest BCUT2D eigenvalue weighted by Gasteiger charge is -2.18. The van der Waals surface area contributed by atoms with E-state index in [1.54, 1.807) is 0 Å². The van der Waals surface area contributed by atoms with Crippen LogP contribution in [0.5, 0.6) is 0 Å². The molecule has 0 aromatic heterocycles. The number of carbonyl (C=O) groups is 3. The van der Waals surface area contributed by atoms with Crippen molar-refractivity contribution in [3.05, 3.63) is 72.9 Å². The molecule has 0 saturated heterocycles. The van der Waals surface area contributed by atoms with Crippen LogP contribution in [0.1, 0.15) is 168 Å². The summed E-state index contributed by atoms with van der Waals surface area (Å²) in [6.45, 7) is 6.17. The van der Waals surface area contributed by atoms with Gasteiger partial charge < -0.3 is 14.2 Å². The minimum Gasteiger partial charge on any atom is -0.462 e. The van der Waals surface area contributed by atoms with Crippen molar-refractivity contribution >= 4 is 17.9 Å². The lowest BCUT2D eigenvalue weighted by atomic mass is 10.1. The fourth-order valence-corrected chi connectivity index (χ4v) is 5.02. The van der Waals surface area contributed by atoms with Gasteiger partial charge in [-0.3, -0.25) is 14.4 Å². The van der Waals surface area contributed by atoms with E-state index in [0.29, 0.717) is 19.3 Å². The van der Waals surface area contributed by atoms with E-state index in [-0.39, 0.29) is 37.5 Å². The topological polar surface area (TPSA) is 78.9 Å². The molecule has 6 heteroatoms. The summed E-state index contributed by atoms with van der Waals surface area (Å²) >= 11 is 0. The fourth-order valence-electron chi connectivity index (χ4n) is 5.02. The monoisotopic (exact) mass is 697 g/mol. The van der Waals surface area contributed by atoms with Crippen molar-refractivity contribution in [1.82, 2.24) is 0 Å². The molecule has 1 atom stereocenters. The van der Waals surface area contributed by atoms with Gasteiger partial charge >= 0.3 is 17.9 Å². The summed E-state index contributed by atoms with van der Waals surface area (Å²) in [5, 5.41) is 0. The van der Waals surface area contributed by atoms with E-state index in [1.165, 1.54) is 25.7 Å². The van der Waals surface area contributed by atoms with E-state index in [1.807, 2.05) is 0 Å². The minimum absolute atomic E-state index is 0.105. The average molecular weight is 697 g/mol. The number of hydrogen-bond donors (Lipinski definition) is 0. The SMILES string of the molecule is CC/C=C\C/C=C\CCCCCCCCCC(=O)OCC(COC(=O)CCCC/C=C\C/C=C\CC)OC(=O)CCCC/C=C\C/C=C\CC. The highest BCUT2D eigenvalue weighted by molar-refractivity contribution is 5.71. The molecular formula is C44H72O6. The molecule has 0 heterocycles. The molecule has 0 rings (SSSR count). The van der Waals surface area contributed by atoms with Gasteiger partial charge in [0.15, 0.2) is 6.10 Å². The summed E-state index contributed by atoms with van der Waals surface area (Å²) in [4.78, 5) is 37.4. The first-order valence-corrected chi connectivity index (χ1v) is 19.9. The summed E-state index contributed by atoms with van der Waals surface area (Å²) in [5.74, 6) is -1.00. The number of esters is 3. The summed E-state index contributed by atoms with van der Waals surface area (Å²) in [7, 11) is 0. The van der Waals surface area contributed by atoms with Gasteiger partial charge in [0.25, 0.3) is 0 Å². The molecular weight excluding hydrogens is 624 g/mol. The summed E-state index contributed by atoms with van der Waals surface area (Å²) in [5.41, 5.74) is 0. The van der Waals surface area contributed by atoms with E-state index in [9.17, 15) is 14.4 Å². The molecule has 0 spiro atoms. The minimum atomic E-state index is -0.803. The Bertz CT molecular complexity index is 986. The van der Waals surface area contributed by atoms with Gasteiger partial charge in [0.1, 0.15) is 13.2 Å². The zero-order valence-corrected chi connectivity index (χ0v) is 32.1. The Balaban J connectivity index is 4.43. The molecule has 0 saturated carbocycles. The van der Waals surface area contributed by atoms with Gasteiger partial charge in [-0.25, -0.2) is 0 Å². The molecule has 1 unspecified atom stereocenters. The van der Waals surface area contributed by atoms with Gasteiger partial charge in [-0.15, -0.1) is 0 Å². The first-order chi connectivity index (χ1) is 24.5. The number of carbonyl (C=O) groups excluding carboxylic acids is 3. The van der Waals surface area contributed by atoms with Crippen LogP contribution in [0, 0.1) is 0 Å². The Morgan fingerprint density at radius 2 is 0.720 bits per heavy atom. The Hall–Kier alpha value is -3.15. The van der Waals surface area contributed by atoms with Crippen LogP contribution in [0.4, 0.5) is 0 Å². The molecule has 0 radical (unpaired) electrons. The highest BCUT2D eigenvalue weighted by Gasteiger charge is 2.19. The van der Waals surface area contributed by atoms with Crippen molar-refractivity contribution < 1.29 is 28.6 Å². The largest absolute Gasteiger partial charge is 0.462 e. The molecule has 0 aliphatic carbocycles. The van der Waals surface area contributed by atoms with Gasteiger partial charge in [-0.1, -0.05) is 126 Å². The fraction of sp³-hybridized carbons (Fsp3) is 0.659. The van der Waals surface area contributed by atoms with Crippen LogP contribution in [0.25, 0.3) is 0 Å². The Kier molecular flexibility index (Phi) is 36.2. The molecule has 0 aliphatic rings. The third kappa shape index (κ3) is 36.1. The van der Waals surface area contributed by atoms with E-state index < -0.39 is 6.10 Å². The summed E-state index contributed by atoms with van der Waals surface area (Å²) in [6, 6.07) is 0. The second-order valence-corrected chi connectivity index (χ2v) is 12.7. The molecule has 0 amide bonds. The van der Waals surface area contributed by atoms with Crippen LogP contribution in [-0.2, 0) is 28.6 Å². The highest BCUT2D eigenvalue weighted by atomic mass is 16.6. The first kappa shape index (κ1) is 46.9. The van der Waals surface area contributed by atoms with Gasteiger partial charge in [0.2, 0.25) is 0 Å². The lowest BCUT2D eigenvalue weighted by Crippen LogP contribution is -2.30. The maximum atomic E-state index is 12.6. The zero-order chi connectivity index (χ0) is 36.6. The molecule has 50 heavy (non-hydrogen) atoms.